The Morgan fingerprint density at radius 1 is 1.31 bits per heavy atom. The van der Waals surface area contributed by atoms with Crippen molar-refractivity contribution in [1.29, 1.82) is 0 Å². The van der Waals surface area contributed by atoms with Crippen LogP contribution in [0.1, 0.15) is 89.4 Å². The minimum Gasteiger partial charge on any atom is -0.410 e. The first-order valence-corrected chi connectivity index (χ1v) is 13.7. The number of hydrogen-bond donors (Lipinski definition) is 1. The molecule has 1 heterocycles. The number of nitrogens with zero attached hydrogens (tertiary/aromatic N) is 1. The van der Waals surface area contributed by atoms with E-state index in [1.807, 2.05) is 0 Å². The van der Waals surface area contributed by atoms with Crippen molar-refractivity contribution in [3.8, 4) is 0 Å². The van der Waals surface area contributed by atoms with Gasteiger partial charge in [0.2, 0.25) is 0 Å². The summed E-state index contributed by atoms with van der Waals surface area (Å²) >= 11 is 2.42. The monoisotopic (exact) mass is 489 g/mol. The number of halogens is 1. The van der Waals surface area contributed by atoms with Crippen LogP contribution in [0.15, 0.2) is 0 Å². The molecule has 5 heteroatoms. The highest BCUT2D eigenvalue weighted by Crippen LogP contribution is 2.49. The lowest BCUT2D eigenvalue weighted by Crippen LogP contribution is -2.44. The Morgan fingerprint density at radius 3 is 2.35 bits per heavy atom. The third kappa shape index (κ3) is 4.36. The molecular formula is C21H36INO2Si. The van der Waals surface area contributed by atoms with E-state index in [1.165, 1.54) is 11.3 Å². The van der Waals surface area contributed by atoms with Gasteiger partial charge in [-0.05, 0) is 64.9 Å². The number of fused-ring (bicyclic) bond motifs is 1. The Labute approximate surface area is 174 Å². The van der Waals surface area contributed by atoms with Crippen molar-refractivity contribution in [3.63, 3.8) is 0 Å². The molecule has 0 aliphatic heterocycles. The van der Waals surface area contributed by atoms with Gasteiger partial charge in [0.1, 0.15) is 0 Å². The van der Waals surface area contributed by atoms with Crippen molar-refractivity contribution in [2.45, 2.75) is 98.1 Å². The van der Waals surface area contributed by atoms with E-state index in [1.54, 1.807) is 0 Å². The SMILES string of the molecule is CC(C)c1nc2c(c(I)c1CO)C(O[Si](C)(C)C(C)(C)C)CC(C)(C)C2. The highest BCUT2D eigenvalue weighted by Gasteiger charge is 2.44. The lowest BCUT2D eigenvalue weighted by Gasteiger charge is -2.44. The third-order valence-electron chi connectivity index (χ3n) is 6.03. The lowest BCUT2D eigenvalue weighted by molar-refractivity contribution is 0.105. The molecule has 3 nitrogen and oxygen atoms in total. The molecule has 1 N–H and O–H groups in total. The average Bonchev–Trinajstić information content (AvgIpc) is 2.43. The molecule has 1 aromatic heterocycles. The Kier molecular flexibility index (Phi) is 6.39. The van der Waals surface area contributed by atoms with Crippen molar-refractivity contribution in [2.75, 3.05) is 0 Å². The van der Waals surface area contributed by atoms with Crippen molar-refractivity contribution < 1.29 is 9.53 Å². The van der Waals surface area contributed by atoms with Crippen LogP contribution < -0.4 is 0 Å². The summed E-state index contributed by atoms with van der Waals surface area (Å²) in [4.78, 5) is 5.05. The molecule has 148 valence electrons. The maximum atomic E-state index is 10.0. The second-order valence-electron chi connectivity index (χ2n) is 10.4. The molecule has 1 atom stereocenters. The number of rotatable bonds is 4. The van der Waals surface area contributed by atoms with Gasteiger partial charge < -0.3 is 9.53 Å². The Hall–Kier alpha value is 0.0169. The third-order valence-corrected chi connectivity index (χ3v) is 11.7. The Bertz CT molecular complexity index is 678. The zero-order chi connectivity index (χ0) is 20.1. The van der Waals surface area contributed by atoms with Crippen LogP contribution >= 0.6 is 22.6 Å². The summed E-state index contributed by atoms with van der Waals surface area (Å²) in [5.41, 5.74) is 4.62. The van der Waals surface area contributed by atoms with Crippen LogP contribution in [0, 0.1) is 8.99 Å². The summed E-state index contributed by atoms with van der Waals surface area (Å²) in [6.07, 6.45) is 2.05. The molecule has 0 amide bonds. The van der Waals surface area contributed by atoms with Crippen LogP contribution in [-0.4, -0.2) is 18.4 Å². The minimum atomic E-state index is -1.90. The van der Waals surface area contributed by atoms with Gasteiger partial charge in [-0.15, -0.1) is 0 Å². The van der Waals surface area contributed by atoms with Gasteiger partial charge in [-0.25, -0.2) is 0 Å². The first-order chi connectivity index (χ1) is 11.7. The number of hydrogen-bond acceptors (Lipinski definition) is 3. The molecular weight excluding hydrogens is 453 g/mol. The average molecular weight is 490 g/mol. The predicted octanol–water partition coefficient (Wildman–Crippen LogP) is 6.34. The van der Waals surface area contributed by atoms with Gasteiger partial charge in [-0.1, -0.05) is 48.5 Å². The molecule has 1 aromatic rings. The highest BCUT2D eigenvalue weighted by molar-refractivity contribution is 14.1. The van der Waals surface area contributed by atoms with Crippen LogP contribution in [0.4, 0.5) is 0 Å². The van der Waals surface area contributed by atoms with Crippen molar-refractivity contribution >= 4 is 30.9 Å². The van der Waals surface area contributed by atoms with Crippen LogP contribution in [0.3, 0.4) is 0 Å². The zero-order valence-corrected chi connectivity index (χ0v) is 21.1. The molecule has 0 saturated heterocycles. The van der Waals surface area contributed by atoms with E-state index >= 15 is 0 Å². The van der Waals surface area contributed by atoms with E-state index in [0.29, 0.717) is 5.92 Å². The molecule has 0 aromatic carbocycles. The highest BCUT2D eigenvalue weighted by atomic mass is 127. The lowest BCUT2D eigenvalue weighted by atomic mass is 9.74. The van der Waals surface area contributed by atoms with Crippen molar-refractivity contribution in [2.24, 2.45) is 5.41 Å². The molecule has 1 aliphatic rings. The van der Waals surface area contributed by atoms with E-state index in [-0.39, 0.29) is 23.2 Å². The van der Waals surface area contributed by atoms with Gasteiger partial charge in [0.05, 0.1) is 12.7 Å². The summed E-state index contributed by atoms with van der Waals surface area (Å²) in [5.74, 6) is 0.306. The standard InChI is InChI=1S/C21H36INO2Si/c1-13(2)19-14(12-24)18(22)17-15(23-19)10-21(6,7)11-16(17)25-26(8,9)20(3,4)5/h13,16,24H,10-12H2,1-9H3. The Morgan fingerprint density at radius 2 is 1.88 bits per heavy atom. The second-order valence-corrected chi connectivity index (χ2v) is 16.2. The number of aromatic nitrogens is 1. The van der Waals surface area contributed by atoms with Gasteiger partial charge in [-0.3, -0.25) is 4.98 Å². The Balaban J connectivity index is 2.62. The summed E-state index contributed by atoms with van der Waals surface area (Å²) < 4.78 is 8.06. The molecule has 0 saturated carbocycles. The van der Waals surface area contributed by atoms with Crippen LogP contribution in [0.25, 0.3) is 0 Å². The van der Waals surface area contributed by atoms with Gasteiger partial charge in [0, 0.05) is 26.1 Å². The first kappa shape index (κ1) is 22.3. The summed E-state index contributed by atoms with van der Waals surface area (Å²) in [5, 5.41) is 10.2. The molecule has 1 unspecified atom stereocenters. The second kappa shape index (κ2) is 7.45. The van der Waals surface area contributed by atoms with E-state index in [9.17, 15) is 5.11 Å². The van der Waals surface area contributed by atoms with Crippen molar-refractivity contribution in [1.82, 2.24) is 4.98 Å². The smallest absolute Gasteiger partial charge is 0.192 e. The van der Waals surface area contributed by atoms with Gasteiger partial charge >= 0.3 is 0 Å². The quantitative estimate of drug-likeness (QED) is 0.397. The van der Waals surface area contributed by atoms with Crippen LogP contribution in [0.5, 0.6) is 0 Å². The fourth-order valence-corrected chi connectivity index (χ4v) is 5.90. The van der Waals surface area contributed by atoms with E-state index in [4.69, 9.17) is 9.41 Å². The zero-order valence-electron chi connectivity index (χ0n) is 18.0. The summed E-state index contributed by atoms with van der Waals surface area (Å²) in [7, 11) is -1.90. The molecule has 0 radical (unpaired) electrons. The number of aliphatic hydroxyl groups excluding tert-OH is 1. The predicted molar refractivity (Wildman–Crippen MR) is 120 cm³/mol. The largest absolute Gasteiger partial charge is 0.410 e. The van der Waals surface area contributed by atoms with E-state index in [0.717, 1.165) is 27.7 Å². The van der Waals surface area contributed by atoms with Gasteiger partial charge in [0.25, 0.3) is 0 Å². The molecule has 26 heavy (non-hydrogen) atoms. The number of pyridine rings is 1. The van der Waals surface area contributed by atoms with Crippen molar-refractivity contribution in [3.05, 3.63) is 26.1 Å². The normalized spacial score (nSPS) is 20.4. The number of aliphatic hydroxyl groups is 1. The maximum Gasteiger partial charge on any atom is 0.192 e. The van der Waals surface area contributed by atoms with Crippen LogP contribution in [-0.2, 0) is 17.5 Å². The fraction of sp³-hybridized carbons (Fsp3) is 0.762. The molecule has 1 aliphatic carbocycles. The first-order valence-electron chi connectivity index (χ1n) is 9.70. The summed E-state index contributed by atoms with van der Waals surface area (Å²) in [6.45, 7) is 20.5. The fourth-order valence-electron chi connectivity index (χ4n) is 3.53. The van der Waals surface area contributed by atoms with Crippen LogP contribution in [0.2, 0.25) is 18.1 Å². The molecule has 2 rings (SSSR count). The molecule has 0 spiro atoms. The van der Waals surface area contributed by atoms with Gasteiger partial charge in [-0.2, -0.15) is 0 Å². The molecule has 0 fully saturated rings. The minimum absolute atomic E-state index is 0.0439. The topological polar surface area (TPSA) is 42.4 Å². The maximum absolute atomic E-state index is 10.0. The van der Waals surface area contributed by atoms with E-state index in [2.05, 4.69) is 84.2 Å². The summed E-state index contributed by atoms with van der Waals surface area (Å²) in [6, 6.07) is 0. The van der Waals surface area contributed by atoms with Gasteiger partial charge in [0.15, 0.2) is 8.32 Å². The molecule has 0 bridgehead atoms. The van der Waals surface area contributed by atoms with E-state index < -0.39 is 8.32 Å².